The molecule has 0 spiro atoms. The molecule has 128 valence electrons. The van der Waals surface area contributed by atoms with Crippen molar-refractivity contribution in [2.75, 3.05) is 28.6 Å². The Morgan fingerprint density at radius 2 is 2.12 bits per heavy atom. The van der Waals surface area contributed by atoms with Crippen LogP contribution in [-0.2, 0) is 0 Å². The maximum absolute atomic E-state index is 12.2. The van der Waals surface area contributed by atoms with E-state index in [1.54, 1.807) is 0 Å². The van der Waals surface area contributed by atoms with Crippen molar-refractivity contribution < 1.29 is 4.79 Å². The van der Waals surface area contributed by atoms with Gasteiger partial charge in [0, 0.05) is 18.8 Å². The van der Waals surface area contributed by atoms with Gasteiger partial charge in [-0.15, -0.1) is 10.2 Å². The summed E-state index contributed by atoms with van der Waals surface area (Å²) in [7, 11) is 0. The Kier molecular flexibility index (Phi) is 4.99. The van der Waals surface area contributed by atoms with E-state index in [2.05, 4.69) is 32.7 Å². The van der Waals surface area contributed by atoms with E-state index in [0.717, 1.165) is 35.0 Å². The Morgan fingerprint density at radius 3 is 2.92 bits per heavy atom. The second-order valence-electron chi connectivity index (χ2n) is 6.48. The summed E-state index contributed by atoms with van der Waals surface area (Å²) in [6, 6.07) is 5.68. The Bertz CT molecular complexity index is 730. The van der Waals surface area contributed by atoms with Crippen molar-refractivity contribution in [2.24, 2.45) is 5.92 Å². The first-order valence-electron chi connectivity index (χ1n) is 8.25. The van der Waals surface area contributed by atoms with Gasteiger partial charge in [-0.25, -0.2) is 4.79 Å². The van der Waals surface area contributed by atoms with Gasteiger partial charge in [-0.3, -0.25) is 5.32 Å². The Hall–Kier alpha value is -2.15. The zero-order valence-electron chi connectivity index (χ0n) is 14.3. The standard InChI is InChI=1S/C17H23N5OS/c1-11-6-7-13(3)14(9-11)18-15(23)19-16-20-21-17(24-16)22-8-4-5-12(2)10-22/h6-7,9,12H,4-5,8,10H2,1-3H3,(H2,18,19,20,23)/t12-/m1/s1. The molecule has 0 bridgehead atoms. The smallest absolute Gasteiger partial charge is 0.325 e. The third kappa shape index (κ3) is 4.03. The van der Waals surface area contributed by atoms with Gasteiger partial charge in [-0.1, -0.05) is 30.4 Å². The molecule has 2 N–H and O–H groups in total. The van der Waals surface area contributed by atoms with Crippen LogP contribution in [0.15, 0.2) is 18.2 Å². The monoisotopic (exact) mass is 345 g/mol. The van der Waals surface area contributed by atoms with Crippen molar-refractivity contribution in [3.05, 3.63) is 29.3 Å². The maximum atomic E-state index is 12.2. The topological polar surface area (TPSA) is 70.1 Å². The van der Waals surface area contributed by atoms with Crippen LogP contribution < -0.4 is 15.5 Å². The zero-order valence-corrected chi connectivity index (χ0v) is 15.1. The molecule has 0 aliphatic carbocycles. The lowest BCUT2D eigenvalue weighted by Gasteiger charge is -2.29. The van der Waals surface area contributed by atoms with Crippen LogP contribution in [0.2, 0.25) is 0 Å². The van der Waals surface area contributed by atoms with Crippen LogP contribution in [-0.4, -0.2) is 29.3 Å². The quantitative estimate of drug-likeness (QED) is 0.881. The third-order valence-corrected chi connectivity index (χ3v) is 5.10. The van der Waals surface area contributed by atoms with E-state index in [1.165, 1.54) is 24.2 Å². The van der Waals surface area contributed by atoms with Crippen LogP contribution >= 0.6 is 11.3 Å². The number of urea groups is 1. The predicted octanol–water partition coefficient (Wildman–Crippen LogP) is 4.04. The molecule has 0 radical (unpaired) electrons. The number of rotatable bonds is 3. The van der Waals surface area contributed by atoms with E-state index in [4.69, 9.17) is 0 Å². The number of nitrogens with zero attached hydrogens (tertiary/aromatic N) is 3. The van der Waals surface area contributed by atoms with E-state index in [-0.39, 0.29) is 6.03 Å². The lowest BCUT2D eigenvalue weighted by atomic mass is 10.0. The van der Waals surface area contributed by atoms with Crippen molar-refractivity contribution in [1.29, 1.82) is 0 Å². The average molecular weight is 345 g/mol. The summed E-state index contributed by atoms with van der Waals surface area (Å²) in [6.07, 6.45) is 2.44. The third-order valence-electron chi connectivity index (χ3n) is 4.20. The van der Waals surface area contributed by atoms with Crippen LogP contribution in [0.3, 0.4) is 0 Å². The van der Waals surface area contributed by atoms with Crippen molar-refractivity contribution >= 4 is 33.3 Å². The molecule has 24 heavy (non-hydrogen) atoms. The van der Waals surface area contributed by atoms with Crippen LogP contribution in [0, 0.1) is 19.8 Å². The molecule has 2 amide bonds. The molecule has 0 unspecified atom stereocenters. The normalized spacial score (nSPS) is 17.6. The zero-order chi connectivity index (χ0) is 17.1. The Balaban J connectivity index is 1.62. The summed E-state index contributed by atoms with van der Waals surface area (Å²) in [5, 5.41) is 15.4. The van der Waals surface area contributed by atoms with Crippen LogP contribution in [0.4, 0.5) is 20.7 Å². The van der Waals surface area contributed by atoms with Crippen LogP contribution in [0.1, 0.15) is 30.9 Å². The summed E-state index contributed by atoms with van der Waals surface area (Å²) in [6.45, 7) is 8.23. The van der Waals surface area contributed by atoms with Crippen LogP contribution in [0.25, 0.3) is 0 Å². The van der Waals surface area contributed by atoms with Gasteiger partial charge >= 0.3 is 6.03 Å². The average Bonchev–Trinajstić information content (AvgIpc) is 2.99. The number of hydrogen-bond acceptors (Lipinski definition) is 5. The highest BCUT2D eigenvalue weighted by Gasteiger charge is 2.20. The minimum atomic E-state index is -0.293. The first kappa shape index (κ1) is 16.7. The highest BCUT2D eigenvalue weighted by Crippen LogP contribution is 2.28. The molecule has 1 saturated heterocycles. The molecular weight excluding hydrogens is 322 g/mol. The van der Waals surface area contributed by atoms with Gasteiger partial charge in [-0.2, -0.15) is 0 Å². The summed E-state index contributed by atoms with van der Waals surface area (Å²) >= 11 is 1.42. The van der Waals surface area contributed by atoms with Gasteiger partial charge < -0.3 is 10.2 Å². The van der Waals surface area contributed by atoms with E-state index < -0.39 is 0 Å². The van der Waals surface area contributed by atoms with Crippen LogP contribution in [0.5, 0.6) is 0 Å². The molecule has 1 fully saturated rings. The van der Waals surface area contributed by atoms with Gasteiger partial charge in [0.05, 0.1) is 0 Å². The summed E-state index contributed by atoms with van der Waals surface area (Å²) in [4.78, 5) is 14.4. The van der Waals surface area contributed by atoms with Gasteiger partial charge in [-0.05, 0) is 49.8 Å². The van der Waals surface area contributed by atoms with E-state index >= 15 is 0 Å². The van der Waals surface area contributed by atoms with Gasteiger partial charge in [0.1, 0.15) is 0 Å². The Labute approximate surface area is 146 Å². The minimum absolute atomic E-state index is 0.293. The fourth-order valence-corrected chi connectivity index (χ4v) is 3.65. The second-order valence-corrected chi connectivity index (χ2v) is 7.44. The molecule has 3 rings (SSSR count). The highest BCUT2D eigenvalue weighted by atomic mass is 32.1. The summed E-state index contributed by atoms with van der Waals surface area (Å²) in [5.74, 6) is 0.673. The SMILES string of the molecule is Cc1ccc(C)c(NC(=O)Nc2nnc(N3CCC[C@@H](C)C3)s2)c1. The number of amides is 2. The molecule has 6 nitrogen and oxygen atoms in total. The molecule has 7 heteroatoms. The van der Waals surface area contributed by atoms with E-state index in [9.17, 15) is 4.79 Å². The van der Waals surface area contributed by atoms with Gasteiger partial charge in [0.25, 0.3) is 0 Å². The molecular formula is C17H23N5OS. The van der Waals surface area contributed by atoms with Gasteiger partial charge in [0.15, 0.2) is 0 Å². The number of benzene rings is 1. The van der Waals surface area contributed by atoms with Gasteiger partial charge in [0.2, 0.25) is 10.3 Å². The molecule has 1 atom stereocenters. The molecule has 1 aromatic heterocycles. The first-order chi connectivity index (χ1) is 11.5. The molecule has 1 aliphatic heterocycles. The number of aromatic nitrogens is 2. The minimum Gasteiger partial charge on any atom is -0.346 e. The lowest BCUT2D eigenvalue weighted by molar-refractivity contribution is 0.262. The maximum Gasteiger partial charge on any atom is 0.325 e. The van der Waals surface area contributed by atoms with Crippen molar-refractivity contribution in [2.45, 2.75) is 33.6 Å². The predicted molar refractivity (Wildman–Crippen MR) is 99.1 cm³/mol. The highest BCUT2D eigenvalue weighted by molar-refractivity contribution is 7.19. The number of piperidine rings is 1. The number of nitrogens with one attached hydrogen (secondary N) is 2. The fourth-order valence-electron chi connectivity index (χ4n) is 2.88. The van der Waals surface area contributed by atoms with E-state index in [0.29, 0.717) is 11.0 Å². The van der Waals surface area contributed by atoms with Crippen molar-refractivity contribution in [3.8, 4) is 0 Å². The largest absolute Gasteiger partial charge is 0.346 e. The fraction of sp³-hybridized carbons (Fsp3) is 0.471. The second kappa shape index (κ2) is 7.17. The lowest BCUT2D eigenvalue weighted by Crippen LogP contribution is -2.34. The molecule has 1 aromatic carbocycles. The van der Waals surface area contributed by atoms with E-state index in [1.807, 2.05) is 32.0 Å². The number of anilines is 3. The van der Waals surface area contributed by atoms with Crippen molar-refractivity contribution in [3.63, 3.8) is 0 Å². The molecule has 2 aromatic rings. The molecule has 1 aliphatic rings. The number of carbonyl (C=O) groups is 1. The summed E-state index contributed by atoms with van der Waals surface area (Å²) < 4.78 is 0. The van der Waals surface area contributed by atoms with Crippen molar-refractivity contribution in [1.82, 2.24) is 10.2 Å². The molecule has 2 heterocycles. The number of hydrogen-bond donors (Lipinski definition) is 2. The first-order valence-corrected chi connectivity index (χ1v) is 9.06. The molecule has 0 saturated carbocycles. The number of carbonyl (C=O) groups excluding carboxylic acids is 1. The number of aryl methyl sites for hydroxylation is 2. The summed E-state index contributed by atoms with van der Waals surface area (Å²) in [5.41, 5.74) is 2.94. The Morgan fingerprint density at radius 1 is 1.29 bits per heavy atom.